The highest BCUT2D eigenvalue weighted by atomic mass is 19.1. The van der Waals surface area contributed by atoms with Gasteiger partial charge >= 0.3 is 6.01 Å². The van der Waals surface area contributed by atoms with Crippen molar-refractivity contribution >= 4 is 17.6 Å². The highest BCUT2D eigenvalue weighted by Crippen LogP contribution is 2.19. The minimum absolute atomic E-state index is 0.164. The van der Waals surface area contributed by atoms with Crippen LogP contribution in [0.25, 0.3) is 0 Å². The molecule has 0 saturated carbocycles. The van der Waals surface area contributed by atoms with E-state index in [0.717, 1.165) is 13.0 Å². The summed E-state index contributed by atoms with van der Waals surface area (Å²) < 4.78 is 18.6. The third kappa shape index (κ3) is 3.53. The summed E-state index contributed by atoms with van der Waals surface area (Å²) in [6, 6.07) is 6.46. The first kappa shape index (κ1) is 14.0. The summed E-state index contributed by atoms with van der Waals surface area (Å²) in [4.78, 5) is 12.3. The Morgan fingerprint density at radius 1 is 1.15 bits per heavy atom. The molecule has 0 aliphatic rings. The van der Waals surface area contributed by atoms with Crippen LogP contribution < -0.4 is 15.4 Å². The van der Waals surface area contributed by atoms with E-state index in [-0.39, 0.29) is 17.8 Å². The van der Waals surface area contributed by atoms with Crippen LogP contribution in [-0.2, 0) is 0 Å². The lowest BCUT2D eigenvalue weighted by molar-refractivity contribution is 0.379. The number of para-hydroxylation sites is 1. The summed E-state index contributed by atoms with van der Waals surface area (Å²) in [5.41, 5.74) is 0.294. The average molecular weight is 277 g/mol. The second-order valence-corrected chi connectivity index (χ2v) is 4.00. The zero-order chi connectivity index (χ0) is 14.4. The van der Waals surface area contributed by atoms with Gasteiger partial charge in [-0.05, 0) is 18.6 Å². The number of halogens is 1. The smallest absolute Gasteiger partial charge is 0.322 e. The molecule has 0 aliphatic heterocycles. The maximum atomic E-state index is 13.6. The van der Waals surface area contributed by atoms with Gasteiger partial charge in [-0.2, -0.15) is 15.0 Å². The van der Waals surface area contributed by atoms with E-state index in [4.69, 9.17) is 4.74 Å². The normalized spacial score (nSPS) is 10.2. The molecule has 2 N–H and O–H groups in total. The SMILES string of the molecule is CCCNc1nc(Nc2ccccc2F)nc(OC)n1. The number of ether oxygens (including phenoxy) is 1. The molecule has 0 aliphatic carbocycles. The van der Waals surface area contributed by atoms with Crippen LogP contribution in [0.15, 0.2) is 24.3 Å². The molecular weight excluding hydrogens is 261 g/mol. The fourth-order valence-electron chi connectivity index (χ4n) is 1.50. The van der Waals surface area contributed by atoms with Crippen LogP contribution in [0.2, 0.25) is 0 Å². The molecule has 2 aromatic rings. The molecule has 1 heterocycles. The van der Waals surface area contributed by atoms with Crippen molar-refractivity contribution in [3.63, 3.8) is 0 Å². The summed E-state index contributed by atoms with van der Waals surface area (Å²) in [5, 5.41) is 5.84. The fourth-order valence-corrected chi connectivity index (χ4v) is 1.50. The number of rotatable bonds is 6. The van der Waals surface area contributed by atoms with E-state index in [0.29, 0.717) is 11.6 Å². The maximum absolute atomic E-state index is 13.6. The Balaban J connectivity index is 2.24. The number of nitrogens with one attached hydrogen (secondary N) is 2. The van der Waals surface area contributed by atoms with Crippen LogP contribution in [0.5, 0.6) is 6.01 Å². The summed E-state index contributed by atoms with van der Waals surface area (Å²) >= 11 is 0. The van der Waals surface area contributed by atoms with Crippen LogP contribution >= 0.6 is 0 Å². The Kier molecular flexibility index (Phi) is 4.65. The van der Waals surface area contributed by atoms with Crippen LogP contribution in [0, 0.1) is 5.82 Å². The Morgan fingerprint density at radius 2 is 1.90 bits per heavy atom. The van der Waals surface area contributed by atoms with E-state index in [1.54, 1.807) is 18.2 Å². The van der Waals surface area contributed by atoms with Gasteiger partial charge in [0, 0.05) is 6.54 Å². The number of methoxy groups -OCH3 is 1. The molecule has 6 nitrogen and oxygen atoms in total. The zero-order valence-corrected chi connectivity index (χ0v) is 11.4. The molecule has 0 bridgehead atoms. The Hall–Kier alpha value is -2.44. The maximum Gasteiger partial charge on any atom is 0.322 e. The molecule has 0 saturated heterocycles. The minimum atomic E-state index is -0.380. The van der Waals surface area contributed by atoms with Crippen molar-refractivity contribution in [1.82, 2.24) is 15.0 Å². The van der Waals surface area contributed by atoms with Gasteiger partial charge in [0.15, 0.2) is 0 Å². The molecule has 2 rings (SSSR count). The minimum Gasteiger partial charge on any atom is -0.467 e. The molecule has 7 heteroatoms. The molecule has 0 spiro atoms. The lowest BCUT2D eigenvalue weighted by Gasteiger charge is -2.09. The molecule has 0 amide bonds. The highest BCUT2D eigenvalue weighted by molar-refractivity contribution is 5.54. The van der Waals surface area contributed by atoms with Gasteiger partial charge in [-0.15, -0.1) is 0 Å². The highest BCUT2D eigenvalue weighted by Gasteiger charge is 2.08. The van der Waals surface area contributed by atoms with Crippen molar-refractivity contribution < 1.29 is 9.13 Å². The van der Waals surface area contributed by atoms with E-state index in [9.17, 15) is 4.39 Å². The number of hydrogen-bond acceptors (Lipinski definition) is 6. The van der Waals surface area contributed by atoms with Gasteiger partial charge < -0.3 is 15.4 Å². The van der Waals surface area contributed by atoms with E-state index in [1.165, 1.54) is 13.2 Å². The molecule has 1 aromatic heterocycles. The first-order valence-corrected chi connectivity index (χ1v) is 6.28. The molecule has 0 unspecified atom stereocenters. The lowest BCUT2D eigenvalue weighted by atomic mass is 10.3. The molecule has 0 radical (unpaired) electrons. The third-order valence-corrected chi connectivity index (χ3v) is 2.45. The van der Waals surface area contributed by atoms with Crippen molar-refractivity contribution in [2.75, 3.05) is 24.3 Å². The summed E-state index contributed by atoms with van der Waals surface area (Å²) in [6.07, 6.45) is 0.935. The van der Waals surface area contributed by atoms with Gasteiger partial charge in [0.2, 0.25) is 11.9 Å². The van der Waals surface area contributed by atoms with Crippen LogP contribution in [0.1, 0.15) is 13.3 Å². The van der Waals surface area contributed by atoms with Gasteiger partial charge in [0.25, 0.3) is 0 Å². The van der Waals surface area contributed by atoms with Gasteiger partial charge in [0.05, 0.1) is 12.8 Å². The van der Waals surface area contributed by atoms with Gasteiger partial charge in [-0.1, -0.05) is 19.1 Å². The number of nitrogens with zero attached hydrogens (tertiary/aromatic N) is 3. The van der Waals surface area contributed by atoms with E-state index < -0.39 is 0 Å². The quantitative estimate of drug-likeness (QED) is 0.845. The monoisotopic (exact) mass is 277 g/mol. The molecule has 0 fully saturated rings. The Labute approximate surface area is 116 Å². The molecule has 20 heavy (non-hydrogen) atoms. The average Bonchev–Trinajstić information content (AvgIpc) is 2.47. The second-order valence-electron chi connectivity index (χ2n) is 4.00. The largest absolute Gasteiger partial charge is 0.467 e. The van der Waals surface area contributed by atoms with Gasteiger partial charge in [-0.25, -0.2) is 4.39 Å². The molecular formula is C13H16FN5O. The van der Waals surface area contributed by atoms with Crippen molar-refractivity contribution in [2.24, 2.45) is 0 Å². The van der Waals surface area contributed by atoms with Gasteiger partial charge in [0.1, 0.15) is 5.82 Å². The molecule has 0 atom stereocenters. The van der Waals surface area contributed by atoms with Crippen LogP contribution in [0.4, 0.5) is 22.0 Å². The topological polar surface area (TPSA) is 72.0 Å². The predicted molar refractivity (Wildman–Crippen MR) is 74.8 cm³/mol. The van der Waals surface area contributed by atoms with Crippen LogP contribution in [-0.4, -0.2) is 28.6 Å². The second kappa shape index (κ2) is 6.65. The van der Waals surface area contributed by atoms with Crippen molar-refractivity contribution in [2.45, 2.75) is 13.3 Å². The summed E-state index contributed by atoms with van der Waals surface area (Å²) in [5.74, 6) is 0.230. The lowest BCUT2D eigenvalue weighted by Crippen LogP contribution is -2.09. The fraction of sp³-hybridized carbons (Fsp3) is 0.308. The number of hydrogen-bond donors (Lipinski definition) is 2. The first-order valence-electron chi connectivity index (χ1n) is 6.28. The van der Waals surface area contributed by atoms with Crippen molar-refractivity contribution in [3.05, 3.63) is 30.1 Å². The predicted octanol–water partition coefficient (Wildman–Crippen LogP) is 2.58. The van der Waals surface area contributed by atoms with E-state index in [1.807, 2.05) is 6.92 Å². The van der Waals surface area contributed by atoms with Crippen LogP contribution in [0.3, 0.4) is 0 Å². The molecule has 106 valence electrons. The summed E-state index contributed by atoms with van der Waals surface area (Å²) in [7, 11) is 1.46. The van der Waals surface area contributed by atoms with Gasteiger partial charge in [-0.3, -0.25) is 0 Å². The number of aromatic nitrogens is 3. The van der Waals surface area contributed by atoms with Crippen molar-refractivity contribution in [3.8, 4) is 6.01 Å². The standard InChI is InChI=1S/C13H16FN5O/c1-3-8-15-11-17-12(19-13(18-11)20-2)16-10-7-5-4-6-9(10)14/h4-7H,3,8H2,1-2H3,(H2,15,16,17,18,19). The van der Waals surface area contributed by atoms with Crippen molar-refractivity contribution in [1.29, 1.82) is 0 Å². The van der Waals surface area contributed by atoms with E-state index >= 15 is 0 Å². The number of benzene rings is 1. The first-order chi connectivity index (χ1) is 9.72. The van der Waals surface area contributed by atoms with E-state index in [2.05, 4.69) is 25.6 Å². The molecule has 1 aromatic carbocycles. The number of anilines is 3. The Morgan fingerprint density at radius 3 is 2.60 bits per heavy atom. The zero-order valence-electron chi connectivity index (χ0n) is 11.4. The third-order valence-electron chi connectivity index (χ3n) is 2.45. The summed E-state index contributed by atoms with van der Waals surface area (Å²) in [6.45, 7) is 2.76. The Bertz CT molecular complexity index is 578.